The Morgan fingerprint density at radius 2 is 1.79 bits per heavy atom. The molecule has 0 aliphatic rings. The summed E-state index contributed by atoms with van der Waals surface area (Å²) in [6.45, 7) is 4.05. The third kappa shape index (κ3) is 7.20. The highest BCUT2D eigenvalue weighted by Gasteiger charge is 2.29. The van der Waals surface area contributed by atoms with Crippen molar-refractivity contribution in [3.8, 4) is 6.07 Å². The molecular formula is C24H29N7O2. The summed E-state index contributed by atoms with van der Waals surface area (Å²) in [5.74, 6) is -0.289. The number of hydrogen-bond donors (Lipinski definition) is 2. The molecule has 0 bridgehead atoms. The van der Waals surface area contributed by atoms with Crippen LogP contribution in [0.4, 0.5) is 0 Å². The molecule has 3 aromatic rings. The van der Waals surface area contributed by atoms with Crippen molar-refractivity contribution >= 4 is 5.91 Å². The minimum Gasteiger partial charge on any atom is -0.374 e. The Morgan fingerprint density at radius 1 is 1.15 bits per heavy atom. The lowest BCUT2D eigenvalue weighted by atomic mass is 10.0. The van der Waals surface area contributed by atoms with E-state index in [1.807, 2.05) is 60.7 Å². The molecule has 2 aromatic carbocycles. The van der Waals surface area contributed by atoms with Gasteiger partial charge in [-0.25, -0.2) is 4.68 Å². The molecule has 2 atom stereocenters. The lowest BCUT2D eigenvalue weighted by Crippen LogP contribution is -2.51. The number of tetrazole rings is 1. The molecule has 172 valence electrons. The van der Waals surface area contributed by atoms with E-state index in [-0.39, 0.29) is 25.0 Å². The molecule has 3 N–H and O–H groups in total. The highest BCUT2D eigenvalue weighted by atomic mass is 16.5. The van der Waals surface area contributed by atoms with Gasteiger partial charge in [0, 0.05) is 0 Å². The fraction of sp³-hybridized carbons (Fsp3) is 0.375. The predicted octanol–water partition coefficient (Wildman–Crippen LogP) is 2.17. The number of nitrogens with one attached hydrogen (secondary N) is 1. The van der Waals surface area contributed by atoms with E-state index in [4.69, 9.17) is 10.5 Å². The molecule has 9 nitrogen and oxygen atoms in total. The number of nitrogens with zero attached hydrogens (tertiary/aromatic N) is 5. The Balaban J connectivity index is 1.74. The number of nitriles is 1. The van der Waals surface area contributed by atoms with Crippen LogP contribution in [0.15, 0.2) is 60.7 Å². The van der Waals surface area contributed by atoms with Crippen LogP contribution in [0.2, 0.25) is 0 Å². The van der Waals surface area contributed by atoms with Crippen molar-refractivity contribution in [3.05, 3.63) is 77.6 Å². The molecule has 0 fully saturated rings. The number of benzene rings is 2. The Hall–Kier alpha value is -3.61. The van der Waals surface area contributed by atoms with Gasteiger partial charge in [-0.15, -0.1) is 5.10 Å². The van der Waals surface area contributed by atoms with Crippen LogP contribution in [-0.4, -0.2) is 38.3 Å². The van der Waals surface area contributed by atoms with Gasteiger partial charge in [0.05, 0.1) is 37.3 Å². The van der Waals surface area contributed by atoms with E-state index in [1.165, 1.54) is 0 Å². The first kappa shape index (κ1) is 24.0. The molecule has 0 aliphatic carbocycles. The summed E-state index contributed by atoms with van der Waals surface area (Å²) < 4.78 is 7.42. The molecule has 1 amide bonds. The lowest BCUT2D eigenvalue weighted by Gasteiger charge is -2.24. The van der Waals surface area contributed by atoms with Gasteiger partial charge in [-0.2, -0.15) is 5.26 Å². The van der Waals surface area contributed by atoms with Crippen molar-refractivity contribution < 1.29 is 9.53 Å². The van der Waals surface area contributed by atoms with Crippen LogP contribution in [0.25, 0.3) is 0 Å². The number of rotatable bonds is 11. The number of nitrogens with two attached hydrogens (primary N) is 1. The maximum atomic E-state index is 12.6. The number of aromatic nitrogens is 4. The maximum absolute atomic E-state index is 12.6. The highest BCUT2D eigenvalue weighted by molar-refractivity contribution is 5.85. The largest absolute Gasteiger partial charge is 0.374 e. The zero-order valence-electron chi connectivity index (χ0n) is 18.9. The summed E-state index contributed by atoms with van der Waals surface area (Å²) in [4.78, 5) is 12.6. The average molecular weight is 448 g/mol. The van der Waals surface area contributed by atoms with Gasteiger partial charge in [-0.3, -0.25) is 4.79 Å². The fourth-order valence-electron chi connectivity index (χ4n) is 3.24. The number of amides is 1. The van der Waals surface area contributed by atoms with E-state index < -0.39 is 11.6 Å². The van der Waals surface area contributed by atoms with Crippen molar-refractivity contribution in [2.24, 2.45) is 11.7 Å². The molecule has 0 spiro atoms. The summed E-state index contributed by atoms with van der Waals surface area (Å²) in [5, 5.41) is 24.6. The number of carbonyl (C=O) groups is 1. The summed E-state index contributed by atoms with van der Waals surface area (Å²) in [6.07, 6.45) is 0.563. The van der Waals surface area contributed by atoms with Crippen LogP contribution in [0.1, 0.15) is 36.8 Å². The van der Waals surface area contributed by atoms with E-state index in [9.17, 15) is 10.1 Å². The Labute approximate surface area is 193 Å². The van der Waals surface area contributed by atoms with Crippen LogP contribution in [0.5, 0.6) is 0 Å². The summed E-state index contributed by atoms with van der Waals surface area (Å²) >= 11 is 0. The van der Waals surface area contributed by atoms with E-state index in [1.54, 1.807) is 18.5 Å². The van der Waals surface area contributed by atoms with Crippen LogP contribution in [0, 0.1) is 17.2 Å². The van der Waals surface area contributed by atoms with Crippen molar-refractivity contribution in [1.29, 1.82) is 5.26 Å². The number of hydrogen-bond acceptors (Lipinski definition) is 7. The third-order valence-corrected chi connectivity index (χ3v) is 5.06. The van der Waals surface area contributed by atoms with Crippen molar-refractivity contribution in [3.63, 3.8) is 0 Å². The zero-order valence-corrected chi connectivity index (χ0v) is 18.9. The molecule has 9 heteroatoms. The third-order valence-electron chi connectivity index (χ3n) is 5.06. The van der Waals surface area contributed by atoms with E-state index in [0.29, 0.717) is 18.9 Å². The second-order valence-electron chi connectivity index (χ2n) is 8.48. The summed E-state index contributed by atoms with van der Waals surface area (Å²) in [7, 11) is 0. The van der Waals surface area contributed by atoms with Gasteiger partial charge in [0.15, 0.2) is 5.82 Å². The normalized spacial score (nSPS) is 13.2. The van der Waals surface area contributed by atoms with Crippen LogP contribution in [0.3, 0.4) is 0 Å². The van der Waals surface area contributed by atoms with Gasteiger partial charge < -0.3 is 15.8 Å². The summed E-state index contributed by atoms with van der Waals surface area (Å²) in [6, 6.07) is 21.2. The fourth-order valence-corrected chi connectivity index (χ4v) is 3.24. The molecular weight excluding hydrogens is 418 g/mol. The van der Waals surface area contributed by atoms with Crippen LogP contribution in [-0.2, 0) is 29.1 Å². The van der Waals surface area contributed by atoms with Gasteiger partial charge in [0.2, 0.25) is 5.91 Å². The Kier molecular flexibility index (Phi) is 8.24. The molecule has 0 saturated heterocycles. The quantitative estimate of drug-likeness (QED) is 0.460. The topological polar surface area (TPSA) is 132 Å². The molecule has 1 aromatic heterocycles. The van der Waals surface area contributed by atoms with Crippen molar-refractivity contribution in [2.75, 3.05) is 6.61 Å². The van der Waals surface area contributed by atoms with Crippen molar-refractivity contribution in [2.45, 2.75) is 45.0 Å². The van der Waals surface area contributed by atoms with Gasteiger partial charge in [-0.1, -0.05) is 60.7 Å². The second-order valence-corrected chi connectivity index (χ2v) is 8.48. The molecule has 33 heavy (non-hydrogen) atoms. The first-order valence-corrected chi connectivity index (χ1v) is 10.8. The molecule has 0 radical (unpaired) electrons. The van der Waals surface area contributed by atoms with Gasteiger partial charge in [0.25, 0.3) is 0 Å². The van der Waals surface area contributed by atoms with Crippen molar-refractivity contribution in [1.82, 2.24) is 25.5 Å². The Morgan fingerprint density at radius 3 is 2.39 bits per heavy atom. The molecule has 1 heterocycles. The smallest absolute Gasteiger partial charge is 0.240 e. The first-order valence-electron chi connectivity index (χ1n) is 10.8. The molecule has 2 unspecified atom stereocenters. The average Bonchev–Trinajstić information content (AvgIpc) is 3.26. The monoisotopic (exact) mass is 447 g/mol. The van der Waals surface area contributed by atoms with E-state index in [0.717, 1.165) is 11.1 Å². The van der Waals surface area contributed by atoms with Gasteiger partial charge >= 0.3 is 0 Å². The lowest BCUT2D eigenvalue weighted by molar-refractivity contribution is -0.126. The minimum atomic E-state index is -1.08. The minimum absolute atomic E-state index is 0.146. The molecule has 0 saturated carbocycles. The predicted molar refractivity (Wildman–Crippen MR) is 122 cm³/mol. The molecule has 0 aliphatic heterocycles. The number of carbonyl (C=O) groups excluding carboxylic acids is 1. The standard InChI is InChI=1S/C24H29N7O2/c1-24(2,26)23(32)27-21(17-33-16-19-11-7-4-8-12-19)22-28-29-30-31(22)15-20(14-25)13-18-9-5-3-6-10-18/h3-12,20-21H,13,15-17,26H2,1-2H3,(H,27,32). The summed E-state index contributed by atoms with van der Waals surface area (Å²) in [5.41, 5.74) is 6.95. The van der Waals surface area contributed by atoms with Gasteiger partial charge in [-0.05, 0) is 41.8 Å². The van der Waals surface area contributed by atoms with E-state index in [2.05, 4.69) is 26.9 Å². The highest BCUT2D eigenvalue weighted by Crippen LogP contribution is 2.16. The van der Waals surface area contributed by atoms with E-state index >= 15 is 0 Å². The van der Waals surface area contributed by atoms with Gasteiger partial charge in [0.1, 0.15) is 6.04 Å². The Bertz CT molecular complexity index is 1060. The maximum Gasteiger partial charge on any atom is 0.240 e. The zero-order chi connectivity index (χ0) is 23.7. The number of ether oxygens (including phenoxy) is 1. The van der Waals surface area contributed by atoms with Crippen LogP contribution < -0.4 is 11.1 Å². The molecule has 3 rings (SSSR count). The van der Waals surface area contributed by atoms with Crippen LogP contribution >= 0.6 is 0 Å². The SMILES string of the molecule is CC(C)(N)C(=O)NC(COCc1ccccc1)c1nnnn1CC(C#N)Cc1ccccc1. The second kappa shape index (κ2) is 11.3. The first-order chi connectivity index (χ1) is 15.9.